The highest BCUT2D eigenvalue weighted by molar-refractivity contribution is 5.86. The summed E-state index contributed by atoms with van der Waals surface area (Å²) in [6.45, 7) is 7.04. The molecule has 0 spiro atoms. The molecule has 2 fully saturated rings. The van der Waals surface area contributed by atoms with Crippen LogP contribution < -0.4 is 10.2 Å². The van der Waals surface area contributed by atoms with Crippen molar-refractivity contribution in [2.75, 3.05) is 31.1 Å². The molecule has 1 aromatic carbocycles. The third kappa shape index (κ3) is 4.10. The van der Waals surface area contributed by atoms with E-state index in [4.69, 9.17) is 0 Å². The van der Waals surface area contributed by atoms with Gasteiger partial charge in [0.25, 0.3) is 0 Å². The van der Waals surface area contributed by atoms with Gasteiger partial charge in [-0.15, -0.1) is 5.10 Å². The second kappa shape index (κ2) is 8.58. The van der Waals surface area contributed by atoms with Crippen LogP contribution in [0.3, 0.4) is 0 Å². The van der Waals surface area contributed by atoms with E-state index < -0.39 is 0 Å². The van der Waals surface area contributed by atoms with Crippen LogP contribution in [-0.2, 0) is 17.9 Å². The van der Waals surface area contributed by atoms with Gasteiger partial charge in [-0.1, -0.05) is 35.5 Å². The molecule has 1 N–H and O–H groups in total. The quantitative estimate of drug-likeness (QED) is 0.645. The number of carbonyl (C=O) groups is 1. The average Bonchev–Trinajstić information content (AvgIpc) is 3.19. The van der Waals surface area contributed by atoms with Crippen LogP contribution >= 0.6 is 0 Å². The fraction of sp³-hybridized carbons (Fsp3) is 0.500. The molecular weight excluding hydrogens is 392 g/mol. The average molecular weight is 421 g/mol. The molecule has 0 radical (unpaired) electrons. The Hall–Kier alpha value is -3.07. The van der Waals surface area contributed by atoms with E-state index in [-0.39, 0.29) is 17.9 Å². The standard InChI is InChI=1S/C22H28N8O/c1-2-30-21-19(26-27-30)20(23-15-24-21)29-13-17(14-29)22(31)25-18-8-10-28(11-9-18)12-16-6-4-3-5-7-16/h3-7,15,17-18H,2,8-14H2,1H3,(H,25,31). The largest absolute Gasteiger partial charge is 0.353 e. The molecule has 2 aliphatic heterocycles. The molecule has 5 rings (SSSR count). The minimum absolute atomic E-state index is 0.00594. The van der Waals surface area contributed by atoms with Crippen molar-refractivity contribution in [2.24, 2.45) is 5.92 Å². The summed E-state index contributed by atoms with van der Waals surface area (Å²) in [7, 11) is 0. The lowest BCUT2D eigenvalue weighted by Crippen LogP contribution is -2.56. The number of rotatable bonds is 6. The van der Waals surface area contributed by atoms with Crippen molar-refractivity contribution in [2.45, 2.75) is 38.9 Å². The van der Waals surface area contributed by atoms with Gasteiger partial charge in [0.15, 0.2) is 17.0 Å². The number of likely N-dealkylation sites (tertiary alicyclic amines) is 1. The Labute approximate surface area is 181 Å². The molecule has 2 aromatic heterocycles. The van der Waals surface area contributed by atoms with Crippen LogP contribution in [-0.4, -0.2) is 68.0 Å². The number of piperidine rings is 1. The van der Waals surface area contributed by atoms with Crippen molar-refractivity contribution >= 4 is 22.9 Å². The highest BCUT2D eigenvalue weighted by Gasteiger charge is 2.36. The minimum Gasteiger partial charge on any atom is -0.353 e. The summed E-state index contributed by atoms with van der Waals surface area (Å²) >= 11 is 0. The second-order valence-corrected chi connectivity index (χ2v) is 8.42. The summed E-state index contributed by atoms with van der Waals surface area (Å²) in [6, 6.07) is 10.8. The summed E-state index contributed by atoms with van der Waals surface area (Å²) in [6.07, 6.45) is 3.55. The molecule has 2 saturated heterocycles. The van der Waals surface area contributed by atoms with Crippen LogP contribution in [0, 0.1) is 5.92 Å². The molecule has 2 aliphatic rings. The molecule has 9 nitrogen and oxygen atoms in total. The Morgan fingerprint density at radius 3 is 2.65 bits per heavy atom. The fourth-order valence-electron chi connectivity index (χ4n) is 4.44. The van der Waals surface area contributed by atoms with Crippen LogP contribution in [0.25, 0.3) is 11.2 Å². The van der Waals surface area contributed by atoms with Gasteiger partial charge >= 0.3 is 0 Å². The number of carbonyl (C=O) groups excluding carboxylic acids is 1. The first kappa shape index (κ1) is 19.9. The van der Waals surface area contributed by atoms with Gasteiger partial charge in [-0.25, -0.2) is 14.6 Å². The number of aromatic nitrogens is 5. The van der Waals surface area contributed by atoms with Crippen molar-refractivity contribution in [1.29, 1.82) is 0 Å². The summed E-state index contributed by atoms with van der Waals surface area (Å²) in [5.74, 6) is 0.914. The van der Waals surface area contributed by atoms with E-state index >= 15 is 0 Å². The lowest BCUT2D eigenvalue weighted by molar-refractivity contribution is -0.126. The molecule has 1 amide bonds. The zero-order valence-electron chi connectivity index (χ0n) is 17.8. The molecule has 0 atom stereocenters. The fourth-order valence-corrected chi connectivity index (χ4v) is 4.44. The normalized spacial score (nSPS) is 18.3. The SMILES string of the molecule is CCn1nnc2c(N3CC(C(=O)NC4CCN(Cc5ccccc5)CC4)C3)ncnc21. The van der Waals surface area contributed by atoms with Crippen LogP contribution in [0.4, 0.5) is 5.82 Å². The van der Waals surface area contributed by atoms with Gasteiger partial charge in [0.2, 0.25) is 5.91 Å². The second-order valence-electron chi connectivity index (χ2n) is 8.42. The first-order chi connectivity index (χ1) is 15.2. The van der Waals surface area contributed by atoms with E-state index in [1.54, 1.807) is 11.0 Å². The lowest BCUT2D eigenvalue weighted by atomic mass is 9.97. The molecule has 0 bridgehead atoms. The summed E-state index contributed by atoms with van der Waals surface area (Å²) in [5.41, 5.74) is 2.79. The Balaban J connectivity index is 1.11. The van der Waals surface area contributed by atoms with Crippen LogP contribution in [0.2, 0.25) is 0 Å². The van der Waals surface area contributed by atoms with Gasteiger partial charge in [-0.3, -0.25) is 9.69 Å². The van der Waals surface area contributed by atoms with Gasteiger partial charge in [0, 0.05) is 45.3 Å². The third-order valence-corrected chi connectivity index (χ3v) is 6.32. The predicted molar refractivity (Wildman–Crippen MR) is 117 cm³/mol. The monoisotopic (exact) mass is 420 g/mol. The molecular formula is C22H28N8O. The number of nitrogens with one attached hydrogen (secondary N) is 1. The number of aryl methyl sites for hydroxylation is 1. The van der Waals surface area contributed by atoms with E-state index in [1.807, 2.05) is 6.92 Å². The lowest BCUT2D eigenvalue weighted by Gasteiger charge is -2.40. The molecule has 3 aromatic rings. The van der Waals surface area contributed by atoms with Crippen LogP contribution in [0.5, 0.6) is 0 Å². The van der Waals surface area contributed by atoms with E-state index in [2.05, 4.69) is 65.7 Å². The Morgan fingerprint density at radius 1 is 1.13 bits per heavy atom. The number of amides is 1. The van der Waals surface area contributed by atoms with E-state index in [0.29, 0.717) is 25.2 Å². The zero-order chi connectivity index (χ0) is 21.2. The van der Waals surface area contributed by atoms with E-state index in [1.165, 1.54) is 5.56 Å². The maximum Gasteiger partial charge on any atom is 0.226 e. The van der Waals surface area contributed by atoms with E-state index in [0.717, 1.165) is 43.9 Å². The first-order valence-corrected chi connectivity index (χ1v) is 11.1. The van der Waals surface area contributed by atoms with Gasteiger partial charge in [0.05, 0.1) is 5.92 Å². The van der Waals surface area contributed by atoms with Crippen molar-refractivity contribution in [3.05, 3.63) is 42.2 Å². The number of fused-ring (bicyclic) bond motifs is 1. The number of nitrogens with zero attached hydrogens (tertiary/aromatic N) is 7. The number of hydrogen-bond donors (Lipinski definition) is 1. The van der Waals surface area contributed by atoms with Crippen LogP contribution in [0.1, 0.15) is 25.3 Å². The molecule has 0 aliphatic carbocycles. The molecule has 31 heavy (non-hydrogen) atoms. The van der Waals surface area contributed by atoms with Gasteiger partial charge in [-0.05, 0) is 25.3 Å². The van der Waals surface area contributed by atoms with Gasteiger partial charge in [-0.2, -0.15) is 0 Å². The summed E-state index contributed by atoms with van der Waals surface area (Å²) < 4.78 is 1.76. The molecule has 9 heteroatoms. The third-order valence-electron chi connectivity index (χ3n) is 6.32. The van der Waals surface area contributed by atoms with E-state index in [9.17, 15) is 4.79 Å². The predicted octanol–water partition coefficient (Wildman–Crippen LogP) is 1.46. The summed E-state index contributed by atoms with van der Waals surface area (Å²) in [5, 5.41) is 11.6. The Morgan fingerprint density at radius 2 is 1.90 bits per heavy atom. The number of hydrogen-bond acceptors (Lipinski definition) is 7. The molecule has 0 saturated carbocycles. The van der Waals surface area contributed by atoms with Crippen molar-refractivity contribution in [3.63, 3.8) is 0 Å². The maximum absolute atomic E-state index is 12.7. The summed E-state index contributed by atoms with van der Waals surface area (Å²) in [4.78, 5) is 26.0. The molecule has 162 valence electrons. The van der Waals surface area contributed by atoms with Gasteiger partial charge < -0.3 is 10.2 Å². The van der Waals surface area contributed by atoms with Crippen molar-refractivity contribution in [3.8, 4) is 0 Å². The first-order valence-electron chi connectivity index (χ1n) is 11.1. The zero-order valence-corrected chi connectivity index (χ0v) is 17.8. The molecule has 4 heterocycles. The Kier molecular flexibility index (Phi) is 5.50. The maximum atomic E-state index is 12.7. The highest BCUT2D eigenvalue weighted by atomic mass is 16.2. The van der Waals surface area contributed by atoms with Crippen LogP contribution in [0.15, 0.2) is 36.7 Å². The number of benzene rings is 1. The van der Waals surface area contributed by atoms with Gasteiger partial charge in [0.1, 0.15) is 6.33 Å². The Bertz CT molecular complexity index is 1040. The minimum atomic E-state index is -0.00594. The highest BCUT2D eigenvalue weighted by Crippen LogP contribution is 2.28. The number of anilines is 1. The molecule has 0 unspecified atom stereocenters. The topological polar surface area (TPSA) is 92.1 Å². The smallest absolute Gasteiger partial charge is 0.226 e. The van der Waals surface area contributed by atoms with Crippen molar-refractivity contribution in [1.82, 2.24) is 35.2 Å². The van der Waals surface area contributed by atoms with Crippen molar-refractivity contribution < 1.29 is 4.79 Å².